The molecule has 0 saturated heterocycles. The number of hydrogen-bond acceptors (Lipinski definition) is 2. The summed E-state index contributed by atoms with van der Waals surface area (Å²) in [6, 6.07) is 1.76. The van der Waals surface area contributed by atoms with Crippen LogP contribution in [0.2, 0.25) is 0 Å². The van der Waals surface area contributed by atoms with Gasteiger partial charge in [0, 0.05) is 12.3 Å². The maximum absolute atomic E-state index is 11.9. The van der Waals surface area contributed by atoms with E-state index in [2.05, 4.69) is 23.4 Å². The molecule has 0 radical (unpaired) electrons. The van der Waals surface area contributed by atoms with E-state index >= 15 is 0 Å². The number of aliphatic imine (C=N–C) groups is 1. The highest BCUT2D eigenvalue weighted by Crippen LogP contribution is 2.37. The summed E-state index contributed by atoms with van der Waals surface area (Å²) in [5.41, 5.74) is 0. The topological polar surface area (TPSA) is 30.2 Å². The Hall–Kier alpha value is -1.59. The molecule has 1 aliphatic carbocycles. The summed E-state index contributed by atoms with van der Waals surface area (Å²) < 4.78 is 37.4. The van der Waals surface area contributed by atoms with Gasteiger partial charge >= 0.3 is 6.18 Å². The molecule has 19 heavy (non-hydrogen) atoms. The minimum atomic E-state index is -3.93. The molecular formula is C13H18F3N3. The summed E-state index contributed by atoms with van der Waals surface area (Å²) in [5.74, 6) is -0.286. The van der Waals surface area contributed by atoms with Gasteiger partial charge in [-0.3, -0.25) is 0 Å². The SMILES string of the molecule is C=Cn1nccc1N=C.FC(F)(F)C1CCCCC1. The molecule has 0 unspecified atom stereocenters. The molecule has 1 heterocycles. The monoisotopic (exact) mass is 273 g/mol. The molecule has 6 heteroatoms. The first-order valence-corrected chi connectivity index (χ1v) is 6.18. The van der Waals surface area contributed by atoms with Crippen LogP contribution in [-0.2, 0) is 0 Å². The molecule has 1 saturated carbocycles. The first kappa shape index (κ1) is 15.5. The fraction of sp³-hybridized carbons (Fsp3) is 0.538. The van der Waals surface area contributed by atoms with E-state index in [1.54, 1.807) is 23.1 Å². The number of aromatic nitrogens is 2. The van der Waals surface area contributed by atoms with E-state index in [-0.39, 0.29) is 0 Å². The Bertz CT molecular complexity index is 381. The van der Waals surface area contributed by atoms with Crippen LogP contribution in [0.25, 0.3) is 6.20 Å². The standard InChI is InChI=1S/C7H11F3.C6H7N3/c8-7(9,10)6-4-2-1-3-5-6;1-3-9-6(7-2)4-5-8-9/h6H,1-5H2;3-5H,1-2H2. The van der Waals surface area contributed by atoms with E-state index in [1.165, 1.54) is 0 Å². The van der Waals surface area contributed by atoms with Crippen molar-refractivity contribution in [2.45, 2.75) is 38.3 Å². The predicted octanol–water partition coefficient (Wildman–Crippen LogP) is 4.44. The lowest BCUT2D eigenvalue weighted by Crippen LogP contribution is -2.24. The lowest BCUT2D eigenvalue weighted by Gasteiger charge is -2.23. The van der Waals surface area contributed by atoms with Crippen molar-refractivity contribution in [3.63, 3.8) is 0 Å². The third-order valence-electron chi connectivity index (χ3n) is 3.05. The number of halogens is 3. The fourth-order valence-corrected chi connectivity index (χ4v) is 2.00. The van der Waals surface area contributed by atoms with Gasteiger partial charge in [-0.2, -0.15) is 18.3 Å². The highest BCUT2D eigenvalue weighted by Gasteiger charge is 2.39. The van der Waals surface area contributed by atoms with Crippen LogP contribution in [0.5, 0.6) is 0 Å². The van der Waals surface area contributed by atoms with E-state index < -0.39 is 12.1 Å². The summed E-state index contributed by atoms with van der Waals surface area (Å²) in [6.45, 7) is 6.88. The average Bonchev–Trinajstić information content (AvgIpc) is 2.87. The molecule has 0 atom stereocenters. The second kappa shape index (κ2) is 7.11. The molecule has 1 fully saturated rings. The molecule has 0 spiro atoms. The molecular weight excluding hydrogens is 255 g/mol. The zero-order chi connectivity index (χ0) is 14.3. The highest BCUT2D eigenvalue weighted by atomic mass is 19.4. The van der Waals surface area contributed by atoms with E-state index in [4.69, 9.17) is 0 Å². The maximum atomic E-state index is 11.9. The van der Waals surface area contributed by atoms with Gasteiger partial charge in [0.2, 0.25) is 0 Å². The molecule has 2 rings (SSSR count). The molecule has 1 aliphatic rings. The second-order valence-corrected chi connectivity index (χ2v) is 4.35. The summed E-state index contributed by atoms with van der Waals surface area (Å²) >= 11 is 0. The summed E-state index contributed by atoms with van der Waals surface area (Å²) in [4.78, 5) is 3.68. The lowest BCUT2D eigenvalue weighted by atomic mass is 9.89. The van der Waals surface area contributed by atoms with Crippen LogP contribution in [0.3, 0.4) is 0 Å². The normalized spacial score (nSPS) is 16.4. The minimum Gasteiger partial charge on any atom is -0.245 e. The van der Waals surface area contributed by atoms with Crippen LogP contribution in [0.15, 0.2) is 23.8 Å². The van der Waals surface area contributed by atoms with Crippen molar-refractivity contribution in [2.24, 2.45) is 10.9 Å². The van der Waals surface area contributed by atoms with E-state index in [1.807, 2.05) is 0 Å². The van der Waals surface area contributed by atoms with Crippen LogP contribution >= 0.6 is 0 Å². The number of nitrogens with zero attached hydrogens (tertiary/aromatic N) is 3. The second-order valence-electron chi connectivity index (χ2n) is 4.35. The van der Waals surface area contributed by atoms with Crippen molar-refractivity contribution in [1.29, 1.82) is 0 Å². The summed E-state index contributed by atoms with van der Waals surface area (Å²) in [6.07, 6.45) is 2.48. The van der Waals surface area contributed by atoms with Crippen LogP contribution in [0.1, 0.15) is 32.1 Å². The van der Waals surface area contributed by atoms with Gasteiger partial charge in [0.05, 0.1) is 12.1 Å². The first-order chi connectivity index (χ1) is 8.99. The Morgan fingerprint density at radius 1 is 1.32 bits per heavy atom. The number of alkyl halides is 3. The Kier molecular flexibility index (Phi) is 5.79. The Labute approximate surface area is 110 Å². The molecule has 106 valence electrons. The third kappa shape index (κ3) is 4.89. The van der Waals surface area contributed by atoms with E-state index in [0.717, 1.165) is 19.3 Å². The van der Waals surface area contributed by atoms with Gasteiger partial charge in [-0.1, -0.05) is 25.8 Å². The van der Waals surface area contributed by atoms with Gasteiger partial charge < -0.3 is 0 Å². The largest absolute Gasteiger partial charge is 0.391 e. The Balaban J connectivity index is 0.000000191. The van der Waals surface area contributed by atoms with Crippen LogP contribution in [0.4, 0.5) is 19.0 Å². The number of rotatable bonds is 2. The van der Waals surface area contributed by atoms with Crippen molar-refractivity contribution in [2.75, 3.05) is 0 Å². The molecule has 0 aromatic carbocycles. The molecule has 0 bridgehead atoms. The van der Waals surface area contributed by atoms with Crippen LogP contribution < -0.4 is 0 Å². The Morgan fingerprint density at radius 2 is 1.95 bits per heavy atom. The van der Waals surface area contributed by atoms with Crippen molar-refractivity contribution in [1.82, 2.24) is 9.78 Å². The first-order valence-electron chi connectivity index (χ1n) is 6.18. The van der Waals surface area contributed by atoms with Crippen LogP contribution in [-0.4, -0.2) is 22.7 Å². The van der Waals surface area contributed by atoms with Crippen molar-refractivity contribution >= 4 is 18.7 Å². The third-order valence-corrected chi connectivity index (χ3v) is 3.05. The molecule has 1 aromatic heterocycles. The lowest BCUT2D eigenvalue weighted by molar-refractivity contribution is -0.181. The molecule has 3 nitrogen and oxygen atoms in total. The number of hydrogen-bond donors (Lipinski definition) is 0. The van der Waals surface area contributed by atoms with Gasteiger partial charge in [0.1, 0.15) is 0 Å². The molecule has 0 aliphatic heterocycles. The van der Waals surface area contributed by atoms with Gasteiger partial charge in [0.15, 0.2) is 5.82 Å². The molecule has 0 amide bonds. The summed E-state index contributed by atoms with van der Waals surface area (Å²) in [5, 5.41) is 3.87. The maximum Gasteiger partial charge on any atom is 0.391 e. The smallest absolute Gasteiger partial charge is 0.245 e. The van der Waals surface area contributed by atoms with Gasteiger partial charge in [0.25, 0.3) is 0 Å². The quantitative estimate of drug-likeness (QED) is 0.732. The molecule has 0 N–H and O–H groups in total. The van der Waals surface area contributed by atoms with E-state index in [9.17, 15) is 13.2 Å². The zero-order valence-electron chi connectivity index (χ0n) is 10.7. The van der Waals surface area contributed by atoms with E-state index in [0.29, 0.717) is 18.7 Å². The van der Waals surface area contributed by atoms with Crippen molar-refractivity contribution < 1.29 is 13.2 Å². The van der Waals surface area contributed by atoms with Gasteiger partial charge in [-0.05, 0) is 19.6 Å². The van der Waals surface area contributed by atoms with Gasteiger partial charge in [-0.15, -0.1) is 0 Å². The fourth-order valence-electron chi connectivity index (χ4n) is 2.00. The van der Waals surface area contributed by atoms with Crippen molar-refractivity contribution in [3.8, 4) is 0 Å². The van der Waals surface area contributed by atoms with Crippen molar-refractivity contribution in [3.05, 3.63) is 18.8 Å². The summed E-state index contributed by atoms with van der Waals surface area (Å²) in [7, 11) is 0. The Morgan fingerprint density at radius 3 is 2.32 bits per heavy atom. The highest BCUT2D eigenvalue weighted by molar-refractivity contribution is 5.43. The predicted molar refractivity (Wildman–Crippen MR) is 70.5 cm³/mol. The zero-order valence-corrected chi connectivity index (χ0v) is 10.7. The molecule has 1 aromatic rings. The van der Waals surface area contributed by atoms with Crippen LogP contribution in [0, 0.1) is 5.92 Å². The van der Waals surface area contributed by atoms with Gasteiger partial charge in [-0.25, -0.2) is 9.67 Å². The minimum absolute atomic E-state index is 0.351. The average molecular weight is 273 g/mol.